The predicted octanol–water partition coefficient (Wildman–Crippen LogP) is 3.30. The number of hydrogen-bond acceptors (Lipinski definition) is 3. The third kappa shape index (κ3) is 2.30. The molecule has 0 aliphatic heterocycles. The molecule has 2 rings (SSSR count). The van der Waals surface area contributed by atoms with E-state index < -0.39 is 0 Å². The molecule has 0 aliphatic rings. The fraction of sp³-hybridized carbons (Fsp3) is 0.231. The van der Waals surface area contributed by atoms with Crippen LogP contribution in [0.25, 0.3) is 0 Å². The van der Waals surface area contributed by atoms with E-state index in [9.17, 15) is 0 Å². The van der Waals surface area contributed by atoms with E-state index in [4.69, 9.17) is 26.5 Å². The summed E-state index contributed by atoms with van der Waals surface area (Å²) < 4.78 is 10.3. The number of nitrogens with two attached hydrogens (primary N) is 1. The third-order valence-electron chi connectivity index (χ3n) is 2.78. The molecule has 2 aromatic rings. The van der Waals surface area contributed by atoms with Gasteiger partial charge in [-0.2, -0.15) is 0 Å². The van der Waals surface area contributed by atoms with E-state index in [1.807, 2.05) is 25.1 Å². The number of furan rings is 1. The molecule has 0 saturated heterocycles. The Balaban J connectivity index is 2.38. The van der Waals surface area contributed by atoms with Gasteiger partial charge in [0.2, 0.25) is 0 Å². The number of aryl methyl sites for hydroxylation is 1. The van der Waals surface area contributed by atoms with Gasteiger partial charge >= 0.3 is 0 Å². The molecule has 1 heterocycles. The highest BCUT2D eigenvalue weighted by Crippen LogP contribution is 2.31. The summed E-state index contributed by atoms with van der Waals surface area (Å²) in [4.78, 5) is 0. The van der Waals surface area contributed by atoms with Crippen molar-refractivity contribution in [2.45, 2.75) is 13.0 Å². The molecule has 4 heteroatoms. The Morgan fingerprint density at radius 2 is 2.06 bits per heavy atom. The Hall–Kier alpha value is -1.45. The zero-order chi connectivity index (χ0) is 12.4. The Morgan fingerprint density at radius 3 is 2.59 bits per heavy atom. The predicted molar refractivity (Wildman–Crippen MR) is 67.5 cm³/mol. The van der Waals surface area contributed by atoms with E-state index in [-0.39, 0.29) is 6.04 Å². The molecule has 0 amide bonds. The van der Waals surface area contributed by atoms with Crippen LogP contribution in [0.15, 0.2) is 34.9 Å². The fourth-order valence-corrected chi connectivity index (χ4v) is 2.06. The van der Waals surface area contributed by atoms with Gasteiger partial charge in [-0.05, 0) is 30.7 Å². The second kappa shape index (κ2) is 4.82. The van der Waals surface area contributed by atoms with Crippen LogP contribution in [0.3, 0.4) is 0 Å². The van der Waals surface area contributed by atoms with Crippen molar-refractivity contribution >= 4 is 11.6 Å². The zero-order valence-electron chi connectivity index (χ0n) is 9.74. The van der Waals surface area contributed by atoms with Crippen LogP contribution < -0.4 is 10.5 Å². The monoisotopic (exact) mass is 251 g/mol. The van der Waals surface area contributed by atoms with Gasteiger partial charge in [0.15, 0.2) is 0 Å². The Bertz CT molecular complexity index is 522. The molecule has 1 aromatic carbocycles. The molecule has 2 N–H and O–H groups in total. The summed E-state index contributed by atoms with van der Waals surface area (Å²) in [5.41, 5.74) is 7.97. The first-order valence-corrected chi connectivity index (χ1v) is 5.64. The van der Waals surface area contributed by atoms with Gasteiger partial charge in [0, 0.05) is 10.6 Å². The van der Waals surface area contributed by atoms with E-state index in [1.54, 1.807) is 19.4 Å². The lowest BCUT2D eigenvalue weighted by atomic mass is 10.00. The molecular weight excluding hydrogens is 238 g/mol. The molecule has 17 heavy (non-hydrogen) atoms. The molecule has 0 spiro atoms. The number of ether oxygens (including phenoxy) is 1. The van der Waals surface area contributed by atoms with Crippen LogP contribution in [-0.4, -0.2) is 7.11 Å². The number of halogens is 1. The highest BCUT2D eigenvalue weighted by molar-refractivity contribution is 6.31. The first-order valence-electron chi connectivity index (χ1n) is 5.26. The minimum atomic E-state index is -0.285. The van der Waals surface area contributed by atoms with Crippen LogP contribution in [0.4, 0.5) is 0 Å². The molecule has 0 radical (unpaired) electrons. The maximum atomic E-state index is 6.18. The number of benzene rings is 1. The van der Waals surface area contributed by atoms with Crippen molar-refractivity contribution in [2.24, 2.45) is 5.73 Å². The summed E-state index contributed by atoms with van der Waals surface area (Å²) in [5, 5.41) is 0.595. The van der Waals surface area contributed by atoms with Gasteiger partial charge in [0.25, 0.3) is 0 Å². The molecule has 90 valence electrons. The Morgan fingerprint density at radius 1 is 1.29 bits per heavy atom. The minimum Gasteiger partial charge on any atom is -0.497 e. The van der Waals surface area contributed by atoms with Crippen LogP contribution in [-0.2, 0) is 0 Å². The van der Waals surface area contributed by atoms with E-state index >= 15 is 0 Å². The van der Waals surface area contributed by atoms with Crippen molar-refractivity contribution in [3.8, 4) is 5.75 Å². The highest BCUT2D eigenvalue weighted by atomic mass is 35.5. The van der Waals surface area contributed by atoms with Gasteiger partial charge in [0.05, 0.1) is 19.4 Å². The Labute approximate surface area is 105 Å². The average Bonchev–Trinajstić information content (AvgIpc) is 2.74. The summed E-state index contributed by atoms with van der Waals surface area (Å²) in [6.45, 7) is 1.88. The van der Waals surface area contributed by atoms with Gasteiger partial charge < -0.3 is 14.9 Å². The fourth-order valence-electron chi connectivity index (χ4n) is 1.77. The second-order valence-electron chi connectivity index (χ2n) is 3.80. The van der Waals surface area contributed by atoms with Crippen molar-refractivity contribution in [2.75, 3.05) is 7.11 Å². The largest absolute Gasteiger partial charge is 0.497 e. The van der Waals surface area contributed by atoms with Crippen molar-refractivity contribution in [3.05, 3.63) is 52.4 Å². The maximum Gasteiger partial charge on any atom is 0.120 e. The molecule has 1 atom stereocenters. The quantitative estimate of drug-likeness (QED) is 0.911. The summed E-state index contributed by atoms with van der Waals surface area (Å²) in [5.74, 6) is 1.53. The van der Waals surface area contributed by atoms with Gasteiger partial charge in [-0.1, -0.05) is 17.7 Å². The van der Waals surface area contributed by atoms with Crippen LogP contribution in [0.2, 0.25) is 5.02 Å². The lowest BCUT2D eigenvalue weighted by Gasteiger charge is -2.14. The normalized spacial score (nSPS) is 12.5. The second-order valence-corrected chi connectivity index (χ2v) is 4.20. The van der Waals surface area contributed by atoms with Crippen LogP contribution >= 0.6 is 11.6 Å². The molecular formula is C13H14ClNO2. The van der Waals surface area contributed by atoms with E-state index in [1.165, 1.54) is 0 Å². The molecule has 0 fully saturated rings. The van der Waals surface area contributed by atoms with Crippen molar-refractivity contribution in [1.29, 1.82) is 0 Å². The zero-order valence-corrected chi connectivity index (χ0v) is 10.5. The summed E-state index contributed by atoms with van der Waals surface area (Å²) in [6, 6.07) is 7.05. The molecule has 0 saturated carbocycles. The topological polar surface area (TPSA) is 48.4 Å². The number of methoxy groups -OCH3 is 1. The summed E-state index contributed by atoms with van der Waals surface area (Å²) in [7, 11) is 1.60. The summed E-state index contributed by atoms with van der Waals surface area (Å²) in [6.07, 6.45) is 1.63. The van der Waals surface area contributed by atoms with Crippen molar-refractivity contribution in [1.82, 2.24) is 0 Å². The standard InChI is InChI=1S/C13H14ClNO2/c1-8-10(5-6-17-8)13(15)11-4-3-9(16-2)7-12(11)14/h3-7,13H,15H2,1-2H3. The van der Waals surface area contributed by atoms with Gasteiger partial charge in [-0.25, -0.2) is 0 Å². The highest BCUT2D eigenvalue weighted by Gasteiger charge is 2.16. The lowest BCUT2D eigenvalue weighted by Crippen LogP contribution is -2.12. The van der Waals surface area contributed by atoms with Crippen LogP contribution in [0, 0.1) is 6.92 Å². The molecule has 1 aromatic heterocycles. The number of rotatable bonds is 3. The van der Waals surface area contributed by atoms with Crippen molar-refractivity contribution < 1.29 is 9.15 Å². The number of hydrogen-bond donors (Lipinski definition) is 1. The third-order valence-corrected chi connectivity index (χ3v) is 3.10. The maximum absolute atomic E-state index is 6.18. The first-order chi connectivity index (χ1) is 8.13. The average molecular weight is 252 g/mol. The molecule has 0 aliphatic carbocycles. The first kappa shape index (κ1) is 12.0. The molecule has 0 bridgehead atoms. The van der Waals surface area contributed by atoms with E-state index in [0.29, 0.717) is 5.02 Å². The SMILES string of the molecule is COc1ccc(C(N)c2ccoc2C)c(Cl)c1. The lowest BCUT2D eigenvalue weighted by molar-refractivity contribution is 0.414. The molecule has 3 nitrogen and oxygen atoms in total. The van der Waals surface area contributed by atoms with E-state index in [2.05, 4.69) is 0 Å². The minimum absolute atomic E-state index is 0.285. The van der Waals surface area contributed by atoms with E-state index in [0.717, 1.165) is 22.6 Å². The smallest absolute Gasteiger partial charge is 0.120 e. The molecule has 1 unspecified atom stereocenters. The van der Waals surface area contributed by atoms with Crippen molar-refractivity contribution in [3.63, 3.8) is 0 Å². The summed E-state index contributed by atoms with van der Waals surface area (Å²) >= 11 is 6.18. The van der Waals surface area contributed by atoms with Gasteiger partial charge in [-0.3, -0.25) is 0 Å². The van der Waals surface area contributed by atoms with Crippen LogP contribution in [0.1, 0.15) is 22.9 Å². The van der Waals surface area contributed by atoms with Gasteiger partial charge in [0.1, 0.15) is 11.5 Å². The Kier molecular flexibility index (Phi) is 3.41. The van der Waals surface area contributed by atoms with Crippen LogP contribution in [0.5, 0.6) is 5.75 Å². The van der Waals surface area contributed by atoms with Gasteiger partial charge in [-0.15, -0.1) is 0 Å².